The number of hydrogen-bond acceptors (Lipinski definition) is 1. The van der Waals surface area contributed by atoms with Crippen LogP contribution in [0.15, 0.2) is 60.7 Å². The van der Waals surface area contributed by atoms with E-state index in [0.717, 1.165) is 29.0 Å². The maximum absolute atomic E-state index is 6.24. The van der Waals surface area contributed by atoms with Crippen LogP contribution in [0.2, 0.25) is 5.02 Å². The third-order valence-corrected chi connectivity index (χ3v) is 4.18. The SMILES string of the molecule is COc1ccc(CCc2ccccc2Cl)c2ccccc12. The maximum atomic E-state index is 6.24. The Morgan fingerprint density at radius 3 is 2.19 bits per heavy atom. The summed E-state index contributed by atoms with van der Waals surface area (Å²) in [6.07, 6.45) is 1.91. The summed E-state index contributed by atoms with van der Waals surface area (Å²) in [7, 11) is 1.71. The van der Waals surface area contributed by atoms with Crippen molar-refractivity contribution in [3.05, 3.63) is 76.8 Å². The van der Waals surface area contributed by atoms with Gasteiger partial charge in [0.05, 0.1) is 7.11 Å². The molecule has 21 heavy (non-hydrogen) atoms. The first kappa shape index (κ1) is 14.0. The summed E-state index contributed by atoms with van der Waals surface area (Å²) in [4.78, 5) is 0. The zero-order valence-corrected chi connectivity index (χ0v) is 12.7. The third-order valence-electron chi connectivity index (χ3n) is 3.82. The molecule has 0 amide bonds. The fourth-order valence-corrected chi connectivity index (χ4v) is 2.93. The first-order chi connectivity index (χ1) is 10.3. The molecule has 0 aliphatic carbocycles. The minimum atomic E-state index is 0.843. The van der Waals surface area contributed by atoms with E-state index in [1.54, 1.807) is 7.11 Å². The Kier molecular flexibility index (Phi) is 4.12. The van der Waals surface area contributed by atoms with E-state index in [2.05, 4.69) is 30.3 Å². The molecule has 0 aliphatic rings. The van der Waals surface area contributed by atoms with E-state index in [9.17, 15) is 0 Å². The number of fused-ring (bicyclic) bond motifs is 1. The van der Waals surface area contributed by atoms with Gasteiger partial charge in [-0.05, 0) is 41.5 Å². The molecule has 0 bridgehead atoms. The van der Waals surface area contributed by atoms with Crippen LogP contribution in [0.5, 0.6) is 5.75 Å². The Morgan fingerprint density at radius 1 is 0.762 bits per heavy atom. The highest BCUT2D eigenvalue weighted by Gasteiger charge is 2.07. The van der Waals surface area contributed by atoms with Gasteiger partial charge in [-0.3, -0.25) is 0 Å². The molecule has 0 aliphatic heterocycles. The molecule has 1 nitrogen and oxygen atoms in total. The molecular weight excluding hydrogens is 280 g/mol. The standard InChI is InChI=1S/C19H17ClO/c1-21-19-13-12-14(16-7-3-4-8-17(16)19)10-11-15-6-2-5-9-18(15)20/h2-9,12-13H,10-11H2,1H3. The first-order valence-electron chi connectivity index (χ1n) is 7.07. The minimum absolute atomic E-state index is 0.843. The van der Waals surface area contributed by atoms with Crippen molar-refractivity contribution < 1.29 is 4.74 Å². The molecule has 3 aromatic rings. The predicted octanol–water partition coefficient (Wildman–Crippen LogP) is 5.29. The second-order valence-electron chi connectivity index (χ2n) is 5.06. The van der Waals surface area contributed by atoms with Crippen molar-refractivity contribution in [3.8, 4) is 5.75 Å². The zero-order chi connectivity index (χ0) is 14.7. The molecule has 0 saturated heterocycles. The number of hydrogen-bond donors (Lipinski definition) is 0. The zero-order valence-electron chi connectivity index (χ0n) is 12.0. The van der Waals surface area contributed by atoms with Gasteiger partial charge in [0.1, 0.15) is 5.75 Å². The van der Waals surface area contributed by atoms with Gasteiger partial charge >= 0.3 is 0 Å². The lowest BCUT2D eigenvalue weighted by molar-refractivity contribution is 0.419. The average molecular weight is 297 g/mol. The van der Waals surface area contributed by atoms with Gasteiger partial charge in [0, 0.05) is 10.4 Å². The molecular formula is C19H17ClO. The molecule has 0 fully saturated rings. The molecule has 0 atom stereocenters. The Hall–Kier alpha value is -1.99. The van der Waals surface area contributed by atoms with Crippen LogP contribution >= 0.6 is 11.6 Å². The van der Waals surface area contributed by atoms with E-state index >= 15 is 0 Å². The van der Waals surface area contributed by atoms with Crippen molar-refractivity contribution in [1.29, 1.82) is 0 Å². The van der Waals surface area contributed by atoms with Gasteiger partial charge < -0.3 is 4.74 Å². The normalized spacial score (nSPS) is 10.8. The van der Waals surface area contributed by atoms with E-state index in [0.29, 0.717) is 0 Å². The largest absolute Gasteiger partial charge is 0.496 e. The molecule has 0 heterocycles. The van der Waals surface area contributed by atoms with Crippen LogP contribution in [0.3, 0.4) is 0 Å². The Morgan fingerprint density at radius 2 is 1.43 bits per heavy atom. The van der Waals surface area contributed by atoms with Crippen molar-refractivity contribution in [3.63, 3.8) is 0 Å². The molecule has 0 saturated carbocycles. The van der Waals surface area contributed by atoms with E-state index in [4.69, 9.17) is 16.3 Å². The van der Waals surface area contributed by atoms with Crippen molar-refractivity contribution in [1.82, 2.24) is 0 Å². The van der Waals surface area contributed by atoms with Crippen molar-refractivity contribution in [2.24, 2.45) is 0 Å². The second kappa shape index (κ2) is 6.19. The molecule has 106 valence electrons. The number of rotatable bonds is 4. The van der Waals surface area contributed by atoms with Crippen LogP contribution in [0.4, 0.5) is 0 Å². The van der Waals surface area contributed by atoms with Gasteiger partial charge in [-0.2, -0.15) is 0 Å². The molecule has 0 spiro atoms. The van der Waals surface area contributed by atoms with Crippen LogP contribution in [0, 0.1) is 0 Å². The quantitative estimate of drug-likeness (QED) is 0.636. The third kappa shape index (κ3) is 2.88. The van der Waals surface area contributed by atoms with Crippen molar-refractivity contribution in [2.45, 2.75) is 12.8 Å². The predicted molar refractivity (Wildman–Crippen MR) is 89.4 cm³/mol. The van der Waals surface area contributed by atoms with Crippen LogP contribution in [-0.2, 0) is 12.8 Å². The summed E-state index contributed by atoms with van der Waals surface area (Å²) in [5.41, 5.74) is 2.52. The smallest absolute Gasteiger partial charge is 0.126 e. The van der Waals surface area contributed by atoms with E-state index in [1.165, 1.54) is 16.5 Å². The van der Waals surface area contributed by atoms with Crippen LogP contribution in [0.1, 0.15) is 11.1 Å². The highest BCUT2D eigenvalue weighted by atomic mass is 35.5. The van der Waals surface area contributed by atoms with Crippen LogP contribution in [0.25, 0.3) is 10.8 Å². The fraction of sp³-hybridized carbons (Fsp3) is 0.158. The molecule has 0 radical (unpaired) electrons. The van der Waals surface area contributed by atoms with Gasteiger partial charge in [0.2, 0.25) is 0 Å². The number of methoxy groups -OCH3 is 1. The summed E-state index contributed by atoms with van der Waals surface area (Å²) < 4.78 is 5.44. The Balaban J connectivity index is 1.93. The molecule has 2 heteroatoms. The van der Waals surface area contributed by atoms with Gasteiger partial charge in [-0.25, -0.2) is 0 Å². The second-order valence-corrected chi connectivity index (χ2v) is 5.47. The van der Waals surface area contributed by atoms with Gasteiger partial charge in [0.25, 0.3) is 0 Å². The summed E-state index contributed by atoms with van der Waals surface area (Å²) in [5, 5.41) is 3.26. The van der Waals surface area contributed by atoms with Crippen molar-refractivity contribution in [2.75, 3.05) is 7.11 Å². The maximum Gasteiger partial charge on any atom is 0.126 e. The van der Waals surface area contributed by atoms with E-state index < -0.39 is 0 Å². The number of halogens is 1. The number of aryl methyl sites for hydroxylation is 2. The Labute approximate surface area is 130 Å². The van der Waals surface area contributed by atoms with Crippen molar-refractivity contribution >= 4 is 22.4 Å². The van der Waals surface area contributed by atoms with Crippen LogP contribution in [-0.4, -0.2) is 7.11 Å². The topological polar surface area (TPSA) is 9.23 Å². The fourth-order valence-electron chi connectivity index (χ4n) is 2.70. The molecule has 0 aromatic heterocycles. The lowest BCUT2D eigenvalue weighted by Gasteiger charge is -2.11. The first-order valence-corrected chi connectivity index (χ1v) is 7.45. The molecule has 0 N–H and O–H groups in total. The van der Waals surface area contributed by atoms with Gasteiger partial charge in [-0.15, -0.1) is 0 Å². The van der Waals surface area contributed by atoms with Crippen LogP contribution < -0.4 is 4.74 Å². The average Bonchev–Trinajstić information content (AvgIpc) is 2.54. The minimum Gasteiger partial charge on any atom is -0.496 e. The van der Waals surface area contributed by atoms with Gasteiger partial charge in [0.15, 0.2) is 0 Å². The lowest BCUT2D eigenvalue weighted by Crippen LogP contribution is -1.95. The number of benzene rings is 3. The van der Waals surface area contributed by atoms with Gasteiger partial charge in [-0.1, -0.05) is 60.1 Å². The monoisotopic (exact) mass is 296 g/mol. The highest BCUT2D eigenvalue weighted by molar-refractivity contribution is 6.31. The lowest BCUT2D eigenvalue weighted by atomic mass is 9.98. The van der Waals surface area contributed by atoms with E-state index in [1.807, 2.05) is 30.3 Å². The summed E-state index contributed by atoms with van der Waals surface area (Å²) in [5.74, 6) is 0.923. The summed E-state index contributed by atoms with van der Waals surface area (Å²) in [6.45, 7) is 0. The Bertz CT molecular complexity index is 764. The molecule has 3 rings (SSSR count). The molecule has 3 aromatic carbocycles. The number of ether oxygens (including phenoxy) is 1. The summed E-state index contributed by atoms with van der Waals surface area (Å²) >= 11 is 6.24. The van der Waals surface area contributed by atoms with E-state index in [-0.39, 0.29) is 0 Å². The highest BCUT2D eigenvalue weighted by Crippen LogP contribution is 2.29. The molecule has 0 unspecified atom stereocenters. The summed E-state index contributed by atoms with van der Waals surface area (Å²) in [6, 6.07) is 20.6.